The highest BCUT2D eigenvalue weighted by molar-refractivity contribution is 7.92. The molecule has 146 valence electrons. The van der Waals surface area contributed by atoms with Gasteiger partial charge in [-0.2, -0.15) is 0 Å². The Kier molecular flexibility index (Phi) is 5.70. The van der Waals surface area contributed by atoms with Gasteiger partial charge in [0.05, 0.1) is 16.8 Å². The summed E-state index contributed by atoms with van der Waals surface area (Å²) in [5.74, 6) is 0.682. The lowest BCUT2D eigenvalue weighted by molar-refractivity contribution is 0.587. The molecule has 0 bridgehead atoms. The summed E-state index contributed by atoms with van der Waals surface area (Å²) < 4.78 is 27.8. The van der Waals surface area contributed by atoms with Crippen molar-refractivity contribution in [3.05, 3.63) is 84.1 Å². The van der Waals surface area contributed by atoms with E-state index >= 15 is 0 Å². The highest BCUT2D eigenvalue weighted by Gasteiger charge is 2.17. The maximum Gasteiger partial charge on any atom is 0.261 e. The number of hydrogen-bond donors (Lipinski definition) is 2. The third-order valence-corrected chi connectivity index (χ3v) is 5.76. The quantitative estimate of drug-likeness (QED) is 0.629. The number of nitrogens with one attached hydrogen (secondary N) is 2. The summed E-state index contributed by atoms with van der Waals surface area (Å²) in [5.41, 5.74) is 2.63. The number of pyridine rings is 1. The average Bonchev–Trinajstić information content (AvgIpc) is 2.67. The van der Waals surface area contributed by atoms with E-state index in [0.29, 0.717) is 18.1 Å². The summed E-state index contributed by atoms with van der Waals surface area (Å²) in [6.07, 6.45) is 1.51. The van der Waals surface area contributed by atoms with E-state index in [2.05, 4.69) is 35.8 Å². The molecule has 0 saturated carbocycles. The van der Waals surface area contributed by atoms with Crippen molar-refractivity contribution in [3.63, 3.8) is 0 Å². The molecule has 1 aromatic heterocycles. The fourth-order valence-electron chi connectivity index (χ4n) is 2.70. The number of rotatable bonds is 6. The zero-order chi connectivity index (χ0) is 20.2. The lowest BCUT2D eigenvalue weighted by atomic mass is 9.87. The van der Waals surface area contributed by atoms with Crippen molar-refractivity contribution in [2.24, 2.45) is 0 Å². The van der Waals surface area contributed by atoms with Gasteiger partial charge in [0.2, 0.25) is 0 Å². The van der Waals surface area contributed by atoms with Crippen molar-refractivity contribution < 1.29 is 8.42 Å². The van der Waals surface area contributed by atoms with Crippen molar-refractivity contribution in [2.75, 3.05) is 10.0 Å². The minimum atomic E-state index is -3.65. The molecular weight excluding hydrogens is 370 g/mol. The fraction of sp³-hybridized carbons (Fsp3) is 0.227. The van der Waals surface area contributed by atoms with Gasteiger partial charge in [-0.05, 0) is 40.8 Å². The minimum absolute atomic E-state index is 0.0256. The highest BCUT2D eigenvalue weighted by Crippen LogP contribution is 2.24. The van der Waals surface area contributed by atoms with Gasteiger partial charge in [-0.25, -0.2) is 13.4 Å². The largest absolute Gasteiger partial charge is 0.366 e. The molecule has 0 aliphatic heterocycles. The molecule has 0 aliphatic carbocycles. The van der Waals surface area contributed by atoms with Crippen LogP contribution in [0.4, 0.5) is 11.5 Å². The molecule has 0 spiro atoms. The van der Waals surface area contributed by atoms with Crippen molar-refractivity contribution in [1.29, 1.82) is 0 Å². The van der Waals surface area contributed by atoms with Crippen LogP contribution >= 0.6 is 0 Å². The van der Waals surface area contributed by atoms with Crippen molar-refractivity contribution in [1.82, 2.24) is 4.98 Å². The van der Waals surface area contributed by atoms with Crippen LogP contribution in [0.5, 0.6) is 0 Å². The first-order chi connectivity index (χ1) is 13.2. The molecule has 0 fully saturated rings. The van der Waals surface area contributed by atoms with Gasteiger partial charge < -0.3 is 5.32 Å². The number of sulfonamides is 1. The van der Waals surface area contributed by atoms with E-state index in [1.54, 1.807) is 24.3 Å². The first-order valence-corrected chi connectivity index (χ1v) is 10.6. The molecule has 1 heterocycles. The normalized spacial score (nSPS) is 11.8. The molecule has 3 rings (SSSR count). The Morgan fingerprint density at radius 3 is 2.14 bits per heavy atom. The zero-order valence-corrected chi connectivity index (χ0v) is 17.1. The molecule has 0 saturated heterocycles. The van der Waals surface area contributed by atoms with E-state index in [1.807, 2.05) is 42.5 Å². The second kappa shape index (κ2) is 8.02. The summed E-state index contributed by atoms with van der Waals surface area (Å²) in [4.78, 5) is 4.51. The molecule has 2 N–H and O–H groups in total. The topological polar surface area (TPSA) is 71.1 Å². The predicted molar refractivity (Wildman–Crippen MR) is 114 cm³/mol. The summed E-state index contributed by atoms with van der Waals surface area (Å²) >= 11 is 0. The molecule has 2 aromatic carbocycles. The van der Waals surface area contributed by atoms with Crippen LogP contribution in [0.1, 0.15) is 31.9 Å². The first kappa shape index (κ1) is 19.9. The van der Waals surface area contributed by atoms with Crippen LogP contribution in [-0.4, -0.2) is 13.4 Å². The monoisotopic (exact) mass is 395 g/mol. The lowest BCUT2D eigenvalue weighted by Crippen LogP contribution is -2.15. The van der Waals surface area contributed by atoms with Crippen LogP contribution in [0.15, 0.2) is 77.8 Å². The maximum absolute atomic E-state index is 12.6. The van der Waals surface area contributed by atoms with Crippen LogP contribution in [0, 0.1) is 0 Å². The van der Waals surface area contributed by atoms with Crippen LogP contribution < -0.4 is 10.0 Å². The summed E-state index contributed by atoms with van der Waals surface area (Å²) in [7, 11) is -3.65. The maximum atomic E-state index is 12.6. The molecule has 0 radical (unpaired) electrons. The Hall–Kier alpha value is -2.86. The van der Waals surface area contributed by atoms with Crippen LogP contribution in [-0.2, 0) is 22.0 Å². The Labute approximate surface area is 166 Å². The molecule has 0 amide bonds. The molecular formula is C22H25N3O2S. The van der Waals surface area contributed by atoms with Gasteiger partial charge in [0.25, 0.3) is 10.0 Å². The van der Waals surface area contributed by atoms with E-state index in [9.17, 15) is 8.42 Å². The van der Waals surface area contributed by atoms with E-state index in [1.165, 1.54) is 6.20 Å². The van der Waals surface area contributed by atoms with E-state index < -0.39 is 10.0 Å². The molecule has 0 atom stereocenters. The van der Waals surface area contributed by atoms with Gasteiger partial charge in [0, 0.05) is 6.54 Å². The van der Waals surface area contributed by atoms with Crippen molar-refractivity contribution in [2.45, 2.75) is 37.6 Å². The number of nitrogens with zero attached hydrogens (tertiary/aromatic N) is 1. The Morgan fingerprint density at radius 2 is 1.57 bits per heavy atom. The van der Waals surface area contributed by atoms with Crippen molar-refractivity contribution in [3.8, 4) is 0 Å². The van der Waals surface area contributed by atoms with E-state index in [0.717, 1.165) is 11.1 Å². The van der Waals surface area contributed by atoms with E-state index in [-0.39, 0.29) is 10.3 Å². The zero-order valence-electron chi connectivity index (χ0n) is 16.3. The second-order valence-corrected chi connectivity index (χ2v) is 9.33. The lowest BCUT2D eigenvalue weighted by Gasteiger charge is -2.19. The third-order valence-electron chi connectivity index (χ3n) is 4.36. The third kappa shape index (κ3) is 5.10. The second-order valence-electron chi connectivity index (χ2n) is 7.65. The Morgan fingerprint density at radius 1 is 0.893 bits per heavy atom. The number of benzene rings is 2. The molecule has 0 aliphatic rings. The molecule has 0 unspecified atom stereocenters. The Bertz CT molecular complexity index is 1010. The highest BCUT2D eigenvalue weighted by atomic mass is 32.2. The standard InChI is InChI=1S/C22H25N3O2S/c1-22(2,3)18-9-12-20(13-10-18)28(26,27)25-19-11-14-21(24-16-19)23-15-17-7-5-4-6-8-17/h4-14,16,25H,15H2,1-3H3,(H,23,24). The molecule has 5 nitrogen and oxygen atoms in total. The van der Waals surface area contributed by atoms with Gasteiger partial charge >= 0.3 is 0 Å². The predicted octanol–water partition coefficient (Wildman–Crippen LogP) is 4.79. The summed E-state index contributed by atoms with van der Waals surface area (Å²) in [6, 6.07) is 20.4. The van der Waals surface area contributed by atoms with Gasteiger partial charge in [-0.3, -0.25) is 4.72 Å². The van der Waals surface area contributed by atoms with E-state index in [4.69, 9.17) is 0 Å². The number of anilines is 2. The minimum Gasteiger partial charge on any atom is -0.366 e. The van der Waals surface area contributed by atoms with Crippen molar-refractivity contribution >= 4 is 21.5 Å². The van der Waals surface area contributed by atoms with Gasteiger partial charge in [-0.1, -0.05) is 63.2 Å². The summed E-state index contributed by atoms with van der Waals surface area (Å²) in [5, 5.41) is 3.21. The van der Waals surface area contributed by atoms with Gasteiger partial charge in [0.15, 0.2) is 0 Å². The molecule has 6 heteroatoms. The van der Waals surface area contributed by atoms with Gasteiger partial charge in [0.1, 0.15) is 5.82 Å². The van der Waals surface area contributed by atoms with Gasteiger partial charge in [-0.15, -0.1) is 0 Å². The molecule has 3 aromatic rings. The Balaban J connectivity index is 1.65. The molecule has 28 heavy (non-hydrogen) atoms. The number of hydrogen-bond acceptors (Lipinski definition) is 4. The SMILES string of the molecule is CC(C)(C)c1ccc(S(=O)(=O)Nc2ccc(NCc3ccccc3)nc2)cc1. The van der Waals surface area contributed by atoms with Crippen LogP contribution in [0.2, 0.25) is 0 Å². The van der Waals surface area contributed by atoms with Crippen LogP contribution in [0.3, 0.4) is 0 Å². The summed E-state index contributed by atoms with van der Waals surface area (Å²) in [6.45, 7) is 6.93. The first-order valence-electron chi connectivity index (χ1n) is 9.11. The number of aromatic nitrogens is 1. The smallest absolute Gasteiger partial charge is 0.261 e. The average molecular weight is 396 g/mol. The van der Waals surface area contributed by atoms with Crippen LogP contribution in [0.25, 0.3) is 0 Å². The fourth-order valence-corrected chi connectivity index (χ4v) is 3.74.